The van der Waals surface area contributed by atoms with E-state index in [2.05, 4.69) is 15.1 Å². The lowest BCUT2D eigenvalue weighted by Gasteiger charge is -2.07. The van der Waals surface area contributed by atoms with Gasteiger partial charge in [0.2, 0.25) is 0 Å². The van der Waals surface area contributed by atoms with Gasteiger partial charge in [-0.05, 0) is 25.0 Å². The molecule has 0 radical (unpaired) electrons. The van der Waals surface area contributed by atoms with Crippen LogP contribution in [0.2, 0.25) is 0 Å². The van der Waals surface area contributed by atoms with Crippen LogP contribution in [0.3, 0.4) is 0 Å². The van der Waals surface area contributed by atoms with Gasteiger partial charge in [0.05, 0.1) is 30.5 Å². The predicted molar refractivity (Wildman–Crippen MR) is 86.8 cm³/mol. The molecule has 0 amide bonds. The highest BCUT2D eigenvalue weighted by molar-refractivity contribution is 5.97. The maximum atomic E-state index is 14.4. The van der Waals surface area contributed by atoms with Gasteiger partial charge in [0.1, 0.15) is 11.7 Å². The van der Waals surface area contributed by atoms with Crippen LogP contribution in [0.15, 0.2) is 47.8 Å². The topological polar surface area (TPSA) is 69.1 Å². The molecule has 0 spiro atoms. The molecule has 0 bridgehead atoms. The van der Waals surface area contributed by atoms with Crippen molar-refractivity contribution in [3.8, 4) is 0 Å². The van der Waals surface area contributed by atoms with E-state index in [0.29, 0.717) is 29.5 Å². The van der Waals surface area contributed by atoms with Crippen LogP contribution in [0, 0.1) is 5.82 Å². The molecule has 1 aliphatic carbocycles. The minimum atomic E-state index is -0.302. The van der Waals surface area contributed by atoms with Crippen LogP contribution in [0.1, 0.15) is 24.0 Å². The van der Waals surface area contributed by atoms with E-state index in [-0.39, 0.29) is 5.82 Å². The Bertz CT molecular complexity index is 895. The zero-order valence-electron chi connectivity index (χ0n) is 12.5. The van der Waals surface area contributed by atoms with E-state index in [1.165, 1.54) is 6.07 Å². The Balaban J connectivity index is 1.62. The lowest BCUT2D eigenvalue weighted by atomic mass is 10.1. The summed E-state index contributed by atoms with van der Waals surface area (Å²) < 4.78 is 16.1. The molecule has 2 N–H and O–H groups in total. The highest BCUT2D eigenvalue weighted by atomic mass is 19.1. The number of fused-ring (bicyclic) bond motifs is 1. The minimum absolute atomic E-state index is 0.302. The van der Waals surface area contributed by atoms with E-state index in [1.54, 1.807) is 29.3 Å². The van der Waals surface area contributed by atoms with Crippen LogP contribution in [-0.2, 0) is 6.54 Å². The Morgan fingerprint density at radius 3 is 2.96 bits per heavy atom. The van der Waals surface area contributed by atoms with Crippen molar-refractivity contribution < 1.29 is 4.39 Å². The van der Waals surface area contributed by atoms with Gasteiger partial charge in [-0.15, -0.1) is 0 Å². The first-order valence-corrected chi connectivity index (χ1v) is 7.58. The second-order valence-corrected chi connectivity index (χ2v) is 5.79. The molecule has 3 aromatic rings. The number of pyridine rings is 1. The number of aliphatic imine (C=N–C) groups is 1. The van der Waals surface area contributed by atoms with Crippen molar-refractivity contribution in [1.82, 2.24) is 14.8 Å². The normalized spacial score (nSPS) is 15.3. The van der Waals surface area contributed by atoms with Gasteiger partial charge in [-0.1, -0.05) is 12.1 Å². The first kappa shape index (κ1) is 13.9. The second-order valence-electron chi connectivity index (χ2n) is 5.79. The standard InChI is InChI=1S/C17H16FN5/c18-15-7-11(17(19)22-14-3-4-14)1-2-13(15)10-23-16-9-20-6-5-12(16)8-21-23/h1-2,5-9,14H,3-4,10H2,(H2,19,22). The molecular weight excluding hydrogens is 293 g/mol. The third kappa shape index (κ3) is 2.79. The molecule has 5 nitrogen and oxygen atoms in total. The SMILES string of the molecule is NC(=NC1CC1)c1ccc(Cn2ncc3ccncc32)c(F)c1. The third-order valence-corrected chi connectivity index (χ3v) is 3.98. The summed E-state index contributed by atoms with van der Waals surface area (Å²) in [6.07, 6.45) is 7.34. The van der Waals surface area contributed by atoms with Gasteiger partial charge in [-0.25, -0.2) is 4.39 Å². The maximum absolute atomic E-state index is 14.4. The number of hydrogen-bond donors (Lipinski definition) is 1. The Kier molecular flexibility index (Phi) is 3.29. The van der Waals surface area contributed by atoms with Crippen LogP contribution in [-0.4, -0.2) is 26.6 Å². The number of rotatable bonds is 4. The molecule has 2 aromatic heterocycles. The van der Waals surface area contributed by atoms with Crippen molar-refractivity contribution in [2.45, 2.75) is 25.4 Å². The lowest BCUT2D eigenvalue weighted by molar-refractivity contribution is 0.590. The molecule has 116 valence electrons. The molecule has 23 heavy (non-hydrogen) atoms. The number of benzene rings is 1. The first-order chi connectivity index (χ1) is 11.2. The summed E-state index contributed by atoms with van der Waals surface area (Å²) in [6, 6.07) is 7.20. The smallest absolute Gasteiger partial charge is 0.129 e. The van der Waals surface area contributed by atoms with E-state index in [4.69, 9.17) is 5.73 Å². The molecule has 4 rings (SSSR count). The largest absolute Gasteiger partial charge is 0.383 e. The summed E-state index contributed by atoms with van der Waals surface area (Å²) in [5, 5.41) is 5.28. The molecule has 1 aliphatic rings. The van der Waals surface area contributed by atoms with Gasteiger partial charge >= 0.3 is 0 Å². The van der Waals surface area contributed by atoms with Crippen molar-refractivity contribution in [1.29, 1.82) is 0 Å². The highest BCUT2D eigenvalue weighted by Crippen LogP contribution is 2.24. The van der Waals surface area contributed by atoms with Gasteiger partial charge in [0.15, 0.2) is 0 Å². The lowest BCUT2D eigenvalue weighted by Crippen LogP contribution is -2.15. The van der Waals surface area contributed by atoms with E-state index >= 15 is 0 Å². The molecule has 0 aliphatic heterocycles. The average Bonchev–Trinajstić information content (AvgIpc) is 3.28. The molecule has 1 aromatic carbocycles. The van der Waals surface area contributed by atoms with E-state index < -0.39 is 0 Å². The summed E-state index contributed by atoms with van der Waals surface area (Å²) in [5.41, 5.74) is 7.99. The third-order valence-electron chi connectivity index (χ3n) is 3.98. The molecule has 0 saturated heterocycles. The number of aromatic nitrogens is 3. The number of nitrogens with zero attached hydrogens (tertiary/aromatic N) is 4. The fourth-order valence-electron chi connectivity index (χ4n) is 2.51. The van der Waals surface area contributed by atoms with Crippen LogP contribution in [0.25, 0.3) is 10.9 Å². The predicted octanol–water partition coefficient (Wildman–Crippen LogP) is 2.49. The quantitative estimate of drug-likeness (QED) is 0.594. The van der Waals surface area contributed by atoms with Crippen molar-refractivity contribution >= 4 is 16.7 Å². The number of halogens is 1. The van der Waals surface area contributed by atoms with E-state index in [1.807, 2.05) is 12.1 Å². The van der Waals surface area contributed by atoms with Gasteiger partial charge in [0.25, 0.3) is 0 Å². The monoisotopic (exact) mass is 309 g/mol. The summed E-state index contributed by atoms with van der Waals surface area (Å²) in [4.78, 5) is 8.44. The Morgan fingerprint density at radius 1 is 1.30 bits per heavy atom. The van der Waals surface area contributed by atoms with Crippen LogP contribution in [0.4, 0.5) is 4.39 Å². The summed E-state index contributed by atoms with van der Waals surface area (Å²) in [7, 11) is 0. The van der Waals surface area contributed by atoms with Gasteiger partial charge in [-0.2, -0.15) is 5.10 Å². The molecule has 2 heterocycles. The fourth-order valence-corrected chi connectivity index (χ4v) is 2.51. The van der Waals surface area contributed by atoms with Crippen LogP contribution < -0.4 is 5.73 Å². The summed E-state index contributed by atoms with van der Waals surface area (Å²) in [5.74, 6) is 0.107. The Labute approximate surface area is 132 Å². The fraction of sp³-hybridized carbons (Fsp3) is 0.235. The van der Waals surface area contributed by atoms with E-state index in [9.17, 15) is 4.39 Å². The summed E-state index contributed by atoms with van der Waals surface area (Å²) in [6.45, 7) is 0.348. The molecule has 1 fully saturated rings. The van der Waals surface area contributed by atoms with Gasteiger partial charge < -0.3 is 5.73 Å². The van der Waals surface area contributed by atoms with Crippen molar-refractivity contribution in [3.63, 3.8) is 0 Å². The Morgan fingerprint density at radius 2 is 2.17 bits per heavy atom. The number of amidine groups is 1. The highest BCUT2D eigenvalue weighted by Gasteiger charge is 2.21. The minimum Gasteiger partial charge on any atom is -0.383 e. The zero-order chi connectivity index (χ0) is 15.8. The zero-order valence-corrected chi connectivity index (χ0v) is 12.5. The second kappa shape index (κ2) is 5.46. The van der Waals surface area contributed by atoms with Crippen molar-refractivity contribution in [2.75, 3.05) is 0 Å². The molecule has 0 atom stereocenters. The molecule has 1 saturated carbocycles. The van der Waals surface area contributed by atoms with E-state index in [0.717, 1.165) is 23.7 Å². The number of hydrogen-bond acceptors (Lipinski definition) is 3. The molecule has 0 unspecified atom stereocenters. The Hall–Kier alpha value is -2.76. The van der Waals surface area contributed by atoms with Gasteiger partial charge in [0, 0.05) is 22.7 Å². The van der Waals surface area contributed by atoms with Crippen molar-refractivity contribution in [2.24, 2.45) is 10.7 Å². The maximum Gasteiger partial charge on any atom is 0.129 e. The number of nitrogens with two attached hydrogens (primary N) is 1. The first-order valence-electron chi connectivity index (χ1n) is 7.58. The van der Waals surface area contributed by atoms with Gasteiger partial charge in [-0.3, -0.25) is 14.7 Å². The van der Waals surface area contributed by atoms with Crippen LogP contribution in [0.5, 0.6) is 0 Å². The average molecular weight is 309 g/mol. The summed E-state index contributed by atoms with van der Waals surface area (Å²) >= 11 is 0. The van der Waals surface area contributed by atoms with Crippen LogP contribution >= 0.6 is 0 Å². The van der Waals surface area contributed by atoms with Crippen molar-refractivity contribution in [3.05, 3.63) is 59.8 Å². The molecular formula is C17H16FN5. The molecule has 6 heteroatoms.